The maximum atomic E-state index is 7.16. The van der Waals surface area contributed by atoms with Gasteiger partial charge < -0.3 is 4.74 Å². The van der Waals surface area contributed by atoms with Crippen molar-refractivity contribution >= 4 is 18.5 Å². The van der Waals surface area contributed by atoms with E-state index in [0.29, 0.717) is 6.61 Å². The molecule has 0 saturated carbocycles. The van der Waals surface area contributed by atoms with Crippen LogP contribution in [0, 0.1) is 6.92 Å². The third-order valence-corrected chi connectivity index (χ3v) is 9.71. The van der Waals surface area contributed by atoms with Crippen LogP contribution in [0.4, 0.5) is 0 Å². The molecule has 1 rings (SSSR count). The second-order valence-corrected chi connectivity index (χ2v) is 14.0. The molecule has 0 spiro atoms. The van der Waals surface area contributed by atoms with Crippen molar-refractivity contribution in [3.05, 3.63) is 41.5 Å². The molecule has 0 atom stereocenters. The van der Waals surface area contributed by atoms with Crippen LogP contribution in [0.15, 0.2) is 24.8 Å². The zero-order valence-electron chi connectivity index (χ0n) is 16.5. The number of hydrogen-bond donors (Lipinski definition) is 0. The van der Waals surface area contributed by atoms with Crippen molar-refractivity contribution in [2.24, 2.45) is 0 Å². The highest BCUT2D eigenvalue weighted by molar-refractivity contribution is 7.20. The number of aryl methyl sites for hydroxylation is 1. The summed E-state index contributed by atoms with van der Waals surface area (Å²) < 4.78 is 6.15. The molecule has 3 heteroatoms. The van der Waals surface area contributed by atoms with E-state index in [2.05, 4.69) is 60.3 Å². The molecule has 0 unspecified atom stereocenters. The van der Waals surface area contributed by atoms with Crippen LogP contribution in [0.5, 0.6) is 5.75 Å². The molecule has 0 N–H and O–H groups in total. The summed E-state index contributed by atoms with van der Waals surface area (Å²) in [6, 6.07) is 7.87. The summed E-state index contributed by atoms with van der Waals surface area (Å²) in [5.74, 6) is 1.04. The molecule has 1 nitrogen and oxygen atoms in total. The fourth-order valence-electron chi connectivity index (χ4n) is 3.39. The molecule has 1 aromatic carbocycles. The first-order valence-electron chi connectivity index (χ1n) is 9.23. The third-order valence-electron chi connectivity index (χ3n) is 4.37. The van der Waals surface area contributed by atoms with Gasteiger partial charge in [-0.15, -0.1) is 0 Å². The van der Waals surface area contributed by atoms with Gasteiger partial charge in [-0.25, -0.2) is 0 Å². The normalized spacial score (nSPS) is 12.3. The summed E-state index contributed by atoms with van der Waals surface area (Å²) in [5, 5.41) is 0. The molecule has 0 amide bonds. The number of ether oxygens (including phenoxy) is 1. The van der Waals surface area contributed by atoms with Crippen LogP contribution in [0.3, 0.4) is 0 Å². The van der Waals surface area contributed by atoms with E-state index in [1.165, 1.54) is 28.8 Å². The van der Waals surface area contributed by atoms with E-state index < -0.39 is 7.38 Å². The van der Waals surface area contributed by atoms with E-state index in [0.717, 1.165) is 24.6 Å². The molecule has 0 aliphatic heterocycles. The third kappa shape index (κ3) is 5.97. The summed E-state index contributed by atoms with van der Waals surface area (Å²) >= 11 is 7.16. The number of hydrogen-bond acceptors (Lipinski definition) is 1. The molecular formula is C21H35ClOSi. The lowest BCUT2D eigenvalue weighted by Gasteiger charge is -2.29. The first kappa shape index (κ1) is 21.3. The zero-order chi connectivity index (χ0) is 18.4. The van der Waals surface area contributed by atoms with Gasteiger partial charge in [-0.2, -0.15) is 11.1 Å². The Morgan fingerprint density at radius 1 is 1.17 bits per heavy atom. The topological polar surface area (TPSA) is 9.23 Å². The van der Waals surface area contributed by atoms with Crippen molar-refractivity contribution < 1.29 is 4.74 Å². The van der Waals surface area contributed by atoms with Gasteiger partial charge >= 0.3 is 0 Å². The Balaban J connectivity index is 3.38. The van der Waals surface area contributed by atoms with E-state index in [1.807, 2.05) is 6.08 Å². The Bertz CT molecular complexity index is 540. The number of halogens is 1. The molecule has 0 saturated heterocycles. The van der Waals surface area contributed by atoms with Crippen LogP contribution in [-0.4, -0.2) is 14.0 Å². The molecule has 0 aliphatic carbocycles. The Morgan fingerprint density at radius 3 is 2.21 bits per heavy atom. The monoisotopic (exact) mass is 366 g/mol. The maximum Gasteiger partial charge on any atom is 0.160 e. The van der Waals surface area contributed by atoms with Crippen LogP contribution in [0.1, 0.15) is 64.2 Å². The number of benzene rings is 1. The molecule has 0 bridgehead atoms. The van der Waals surface area contributed by atoms with Gasteiger partial charge in [-0.3, -0.25) is 0 Å². The SMILES string of the molecule is C=CCOc1c(C[Si](Cl)(CCC)CCC)cc(C)cc1C(C)(C)C. The highest BCUT2D eigenvalue weighted by Gasteiger charge is 2.32. The summed E-state index contributed by atoms with van der Waals surface area (Å²) in [4.78, 5) is 0. The Kier molecular flexibility index (Phi) is 8.08. The molecule has 136 valence electrons. The summed E-state index contributed by atoms with van der Waals surface area (Å²) in [6.45, 7) is 17.7. The van der Waals surface area contributed by atoms with Gasteiger partial charge in [0.05, 0.1) is 0 Å². The Hall–Kier alpha value is -0.733. The highest BCUT2D eigenvalue weighted by atomic mass is 35.6. The molecular weight excluding hydrogens is 332 g/mol. The van der Waals surface area contributed by atoms with E-state index in [4.69, 9.17) is 15.8 Å². The van der Waals surface area contributed by atoms with E-state index >= 15 is 0 Å². The van der Waals surface area contributed by atoms with Gasteiger partial charge in [0.15, 0.2) is 7.38 Å². The second kappa shape index (κ2) is 9.10. The lowest BCUT2D eigenvalue weighted by atomic mass is 9.84. The summed E-state index contributed by atoms with van der Waals surface area (Å²) in [6.07, 6.45) is 4.15. The largest absolute Gasteiger partial charge is 0.489 e. The minimum Gasteiger partial charge on any atom is -0.489 e. The van der Waals surface area contributed by atoms with E-state index in [-0.39, 0.29) is 5.41 Å². The lowest BCUT2D eigenvalue weighted by molar-refractivity contribution is 0.348. The van der Waals surface area contributed by atoms with Crippen molar-refractivity contribution in [3.63, 3.8) is 0 Å². The van der Waals surface area contributed by atoms with E-state index in [1.54, 1.807) is 0 Å². The predicted molar refractivity (Wildman–Crippen MR) is 111 cm³/mol. The van der Waals surface area contributed by atoms with Gasteiger partial charge in [-0.1, -0.05) is 77.8 Å². The molecule has 0 radical (unpaired) electrons. The number of rotatable bonds is 9. The molecule has 0 aliphatic rings. The van der Waals surface area contributed by atoms with Crippen LogP contribution in [0.25, 0.3) is 0 Å². The first-order valence-corrected chi connectivity index (χ1v) is 12.9. The van der Waals surface area contributed by atoms with Gasteiger partial charge in [0.1, 0.15) is 12.4 Å². The van der Waals surface area contributed by atoms with Crippen LogP contribution < -0.4 is 4.74 Å². The smallest absolute Gasteiger partial charge is 0.160 e. The van der Waals surface area contributed by atoms with Gasteiger partial charge in [0.2, 0.25) is 0 Å². The van der Waals surface area contributed by atoms with E-state index in [9.17, 15) is 0 Å². The molecule has 0 heterocycles. The highest BCUT2D eigenvalue weighted by Crippen LogP contribution is 2.39. The van der Waals surface area contributed by atoms with Crippen molar-refractivity contribution in [2.45, 2.75) is 77.9 Å². The van der Waals surface area contributed by atoms with Crippen molar-refractivity contribution in [1.82, 2.24) is 0 Å². The summed E-state index contributed by atoms with van der Waals surface area (Å²) in [5.41, 5.74) is 3.91. The second-order valence-electron chi connectivity index (χ2n) is 7.98. The van der Waals surface area contributed by atoms with Crippen molar-refractivity contribution in [1.29, 1.82) is 0 Å². The maximum absolute atomic E-state index is 7.16. The molecule has 24 heavy (non-hydrogen) atoms. The average Bonchev–Trinajstić information content (AvgIpc) is 2.45. The average molecular weight is 367 g/mol. The van der Waals surface area contributed by atoms with Gasteiger partial charge in [0.25, 0.3) is 0 Å². The molecule has 0 aromatic heterocycles. The van der Waals surface area contributed by atoms with Crippen LogP contribution >= 0.6 is 11.1 Å². The quantitative estimate of drug-likeness (QED) is 0.261. The lowest BCUT2D eigenvalue weighted by Crippen LogP contribution is -2.31. The Labute approximate surface area is 155 Å². The first-order chi connectivity index (χ1) is 11.2. The molecule has 1 aromatic rings. The van der Waals surface area contributed by atoms with Crippen molar-refractivity contribution in [2.75, 3.05) is 6.61 Å². The van der Waals surface area contributed by atoms with Crippen LogP contribution in [0.2, 0.25) is 12.1 Å². The molecule has 0 fully saturated rings. The Morgan fingerprint density at radius 2 is 1.75 bits per heavy atom. The fraction of sp³-hybridized carbons (Fsp3) is 0.619. The van der Waals surface area contributed by atoms with Crippen LogP contribution in [-0.2, 0) is 11.5 Å². The summed E-state index contributed by atoms with van der Waals surface area (Å²) in [7, 11) is -1.80. The minimum absolute atomic E-state index is 0.0450. The fourth-order valence-corrected chi connectivity index (χ4v) is 8.30. The standard InChI is InChI=1S/C21H35ClOSi/c1-8-11-23-20-18(16-24(22,12-9-2)13-10-3)14-17(4)15-19(20)21(5,6)7/h8,14-15H,1,9-13,16H2,2-7H3. The predicted octanol–water partition coefficient (Wildman–Crippen LogP) is 6.94. The minimum atomic E-state index is -1.80. The van der Waals surface area contributed by atoms with Crippen molar-refractivity contribution in [3.8, 4) is 5.75 Å². The van der Waals surface area contributed by atoms with Gasteiger partial charge in [0, 0.05) is 5.56 Å². The zero-order valence-corrected chi connectivity index (χ0v) is 18.2. The van der Waals surface area contributed by atoms with Gasteiger partial charge in [-0.05, 0) is 36.0 Å².